The van der Waals surface area contributed by atoms with Crippen LogP contribution in [0.2, 0.25) is 5.02 Å². The van der Waals surface area contributed by atoms with Crippen molar-refractivity contribution in [3.63, 3.8) is 0 Å². The summed E-state index contributed by atoms with van der Waals surface area (Å²) in [6, 6.07) is 27.4. The first kappa shape index (κ1) is 37.5. The summed E-state index contributed by atoms with van der Waals surface area (Å²) in [4.78, 5) is 45.9. The molecule has 15 heteroatoms. The van der Waals surface area contributed by atoms with Crippen molar-refractivity contribution in [2.45, 2.75) is 43.4 Å². The van der Waals surface area contributed by atoms with Crippen molar-refractivity contribution in [3.8, 4) is 17.1 Å². The number of hydrogen-bond acceptors (Lipinski definition) is 11. The molecule has 0 N–H and O–H groups in total. The maximum absolute atomic E-state index is 14.6. The molecule has 0 spiro atoms. The largest absolute Gasteiger partial charge is 0.494 e. The Morgan fingerprint density at radius 1 is 0.964 bits per heavy atom. The Morgan fingerprint density at radius 3 is 2.42 bits per heavy atom. The molecule has 3 heterocycles. The van der Waals surface area contributed by atoms with E-state index in [4.69, 9.17) is 26.1 Å². The first-order chi connectivity index (χ1) is 26.7. The lowest BCUT2D eigenvalue weighted by atomic mass is 9.93. The van der Waals surface area contributed by atoms with E-state index in [0.717, 1.165) is 16.9 Å². The van der Waals surface area contributed by atoms with Gasteiger partial charge < -0.3 is 14.0 Å². The maximum atomic E-state index is 14.6. The van der Waals surface area contributed by atoms with Gasteiger partial charge in [-0.15, -0.1) is 10.2 Å². The molecule has 2 aromatic heterocycles. The average molecular weight is 793 g/mol. The SMILES string of the molecule is CCOC(=O)C1=C(c2ccccc2)N=c2s/c(=C\c3cc([N+](=O)[O-])ccc3Sc3nnc(-c4cccc(Cl)c4)n3CC)c(=O)n2[C@H]1c1ccc(OCC)cc1. The van der Waals surface area contributed by atoms with Crippen molar-refractivity contribution in [3.05, 3.63) is 154 Å². The molecule has 6 aromatic rings. The second-order valence-electron chi connectivity index (χ2n) is 12.1. The minimum atomic E-state index is -0.907. The van der Waals surface area contributed by atoms with Gasteiger partial charge in [-0.25, -0.2) is 9.79 Å². The maximum Gasteiger partial charge on any atom is 0.338 e. The van der Waals surface area contributed by atoms with Crippen LogP contribution < -0.4 is 19.6 Å². The van der Waals surface area contributed by atoms with Gasteiger partial charge in [-0.2, -0.15) is 0 Å². The topological polar surface area (TPSA) is 144 Å². The summed E-state index contributed by atoms with van der Waals surface area (Å²) in [5.74, 6) is 0.649. The normalized spacial score (nSPS) is 14.0. The molecule has 0 saturated carbocycles. The minimum absolute atomic E-state index is 0.116. The number of halogens is 1. The van der Waals surface area contributed by atoms with Crippen LogP contribution in [0.1, 0.15) is 43.5 Å². The van der Waals surface area contributed by atoms with E-state index in [-0.39, 0.29) is 22.4 Å². The predicted octanol–water partition coefficient (Wildman–Crippen LogP) is 7.33. The first-order valence-electron chi connectivity index (χ1n) is 17.4. The molecule has 1 atom stereocenters. The molecule has 4 aromatic carbocycles. The van der Waals surface area contributed by atoms with Crippen LogP contribution in [0.15, 0.2) is 122 Å². The zero-order chi connectivity index (χ0) is 38.6. The molecule has 1 aliphatic rings. The van der Waals surface area contributed by atoms with Gasteiger partial charge in [-0.05, 0) is 80.1 Å². The lowest BCUT2D eigenvalue weighted by Crippen LogP contribution is -2.40. The Kier molecular flexibility index (Phi) is 11.1. The Bertz CT molecular complexity index is 2640. The number of nitro groups is 1. The fourth-order valence-corrected chi connectivity index (χ4v) is 8.41. The fourth-order valence-electron chi connectivity index (χ4n) is 6.25. The molecule has 1 aliphatic heterocycles. The Labute approximate surface area is 328 Å². The number of hydrogen-bond donors (Lipinski definition) is 0. The summed E-state index contributed by atoms with van der Waals surface area (Å²) in [7, 11) is 0. The number of carbonyl (C=O) groups excluding carboxylic acids is 1. The van der Waals surface area contributed by atoms with Crippen LogP contribution >= 0.6 is 34.7 Å². The van der Waals surface area contributed by atoms with Gasteiger partial charge in [0.05, 0.1) is 40.0 Å². The highest BCUT2D eigenvalue weighted by molar-refractivity contribution is 7.99. The molecular weight excluding hydrogens is 760 g/mol. The number of benzene rings is 4. The van der Waals surface area contributed by atoms with E-state index in [1.807, 2.05) is 73.0 Å². The van der Waals surface area contributed by atoms with Crippen molar-refractivity contribution >= 4 is 58.1 Å². The van der Waals surface area contributed by atoms with E-state index in [0.29, 0.717) is 67.0 Å². The molecule has 0 radical (unpaired) electrons. The van der Waals surface area contributed by atoms with Crippen LogP contribution in [0.5, 0.6) is 5.75 Å². The lowest BCUT2D eigenvalue weighted by molar-refractivity contribution is -0.384. The van der Waals surface area contributed by atoms with E-state index in [9.17, 15) is 19.7 Å². The second kappa shape index (κ2) is 16.3. The number of nitro benzene ring substituents is 1. The molecule has 7 rings (SSSR count). The standard InChI is InChI=1S/C40H33ClN6O6S2/c1-4-45-36(26-13-10-14-28(41)21-26)43-44-40(45)54-31-20-17-29(47(50)51)22-27(31)23-32-37(48)46-35(25-15-18-30(19-16-25)52-5-2)33(38(49)53-6-3)34(42-39(46)55-32)24-11-8-7-9-12-24/h7-23,35H,4-6H2,1-3H3/b32-23-/t35-/m0/s1. The summed E-state index contributed by atoms with van der Waals surface area (Å²) in [5.41, 5.74) is 2.53. The Balaban J connectivity index is 1.41. The molecule has 12 nitrogen and oxygen atoms in total. The molecule has 278 valence electrons. The van der Waals surface area contributed by atoms with E-state index < -0.39 is 22.5 Å². The van der Waals surface area contributed by atoms with Crippen LogP contribution in [0, 0.1) is 10.1 Å². The monoisotopic (exact) mass is 792 g/mol. The summed E-state index contributed by atoms with van der Waals surface area (Å²) in [6.07, 6.45) is 1.62. The quantitative estimate of drug-likeness (QED) is 0.0707. The van der Waals surface area contributed by atoms with Gasteiger partial charge in [0.25, 0.3) is 11.2 Å². The lowest BCUT2D eigenvalue weighted by Gasteiger charge is -2.26. The Hall–Kier alpha value is -5.83. The van der Waals surface area contributed by atoms with Gasteiger partial charge in [0.1, 0.15) is 5.75 Å². The van der Waals surface area contributed by atoms with Crippen molar-refractivity contribution in [1.29, 1.82) is 0 Å². The van der Waals surface area contributed by atoms with Crippen molar-refractivity contribution in [2.24, 2.45) is 4.99 Å². The third kappa shape index (κ3) is 7.61. The summed E-state index contributed by atoms with van der Waals surface area (Å²) >= 11 is 8.66. The molecule has 0 bridgehead atoms. The Morgan fingerprint density at radius 2 is 1.73 bits per heavy atom. The molecule has 0 fully saturated rings. The fraction of sp³-hybridized carbons (Fsp3) is 0.175. The predicted molar refractivity (Wildman–Crippen MR) is 212 cm³/mol. The molecular formula is C40H33ClN6O6S2. The van der Waals surface area contributed by atoms with E-state index in [2.05, 4.69) is 10.2 Å². The minimum Gasteiger partial charge on any atom is -0.494 e. The number of aromatic nitrogens is 4. The van der Waals surface area contributed by atoms with E-state index in [1.54, 1.807) is 43.3 Å². The summed E-state index contributed by atoms with van der Waals surface area (Å²) < 4.78 is 14.9. The second-order valence-corrected chi connectivity index (χ2v) is 14.5. The van der Waals surface area contributed by atoms with Crippen LogP contribution in [0.3, 0.4) is 0 Å². The van der Waals surface area contributed by atoms with Crippen molar-refractivity contribution < 1.29 is 19.2 Å². The van der Waals surface area contributed by atoms with Crippen molar-refractivity contribution in [1.82, 2.24) is 19.3 Å². The highest BCUT2D eigenvalue weighted by atomic mass is 35.5. The molecule has 0 saturated heterocycles. The highest BCUT2D eigenvalue weighted by Crippen LogP contribution is 2.37. The number of esters is 1. The van der Waals surface area contributed by atoms with Gasteiger partial charge in [-0.3, -0.25) is 19.5 Å². The summed E-state index contributed by atoms with van der Waals surface area (Å²) in [5, 5.41) is 22.0. The zero-order valence-corrected chi connectivity index (χ0v) is 32.2. The third-order valence-corrected chi connectivity index (χ3v) is 11.0. The number of ether oxygens (including phenoxy) is 2. The van der Waals surface area contributed by atoms with Crippen LogP contribution in [0.25, 0.3) is 23.2 Å². The van der Waals surface area contributed by atoms with Crippen LogP contribution in [-0.4, -0.2) is 43.4 Å². The number of non-ortho nitro benzene ring substituents is 1. The number of nitrogens with zero attached hydrogens (tertiary/aromatic N) is 6. The first-order valence-corrected chi connectivity index (χ1v) is 19.4. The number of thiazole rings is 1. The average Bonchev–Trinajstić information content (AvgIpc) is 3.74. The number of carbonyl (C=O) groups is 1. The molecule has 55 heavy (non-hydrogen) atoms. The van der Waals surface area contributed by atoms with Gasteiger partial charge in [-0.1, -0.05) is 77.5 Å². The number of rotatable bonds is 12. The molecule has 0 amide bonds. The summed E-state index contributed by atoms with van der Waals surface area (Å²) in [6.45, 7) is 6.70. The highest BCUT2D eigenvalue weighted by Gasteiger charge is 2.35. The van der Waals surface area contributed by atoms with Gasteiger partial charge in [0.15, 0.2) is 15.8 Å². The zero-order valence-electron chi connectivity index (χ0n) is 29.8. The van der Waals surface area contributed by atoms with Crippen LogP contribution in [-0.2, 0) is 16.1 Å². The van der Waals surface area contributed by atoms with Gasteiger partial charge in [0.2, 0.25) is 0 Å². The van der Waals surface area contributed by atoms with Gasteiger partial charge >= 0.3 is 5.97 Å². The number of fused-ring (bicyclic) bond motifs is 1. The van der Waals surface area contributed by atoms with E-state index >= 15 is 0 Å². The third-order valence-electron chi connectivity index (χ3n) is 8.69. The smallest absolute Gasteiger partial charge is 0.338 e. The van der Waals surface area contributed by atoms with Gasteiger partial charge in [0, 0.05) is 39.7 Å². The van der Waals surface area contributed by atoms with E-state index in [1.165, 1.54) is 28.5 Å². The molecule has 0 aliphatic carbocycles. The van der Waals surface area contributed by atoms with Crippen molar-refractivity contribution in [2.75, 3.05) is 13.2 Å². The van der Waals surface area contributed by atoms with Crippen LogP contribution in [0.4, 0.5) is 5.69 Å². The molecule has 0 unspecified atom stereocenters.